The zero-order chi connectivity index (χ0) is 31.2. The van der Waals surface area contributed by atoms with Crippen LogP contribution in [0.5, 0.6) is 11.5 Å². The number of benzene rings is 2. The van der Waals surface area contributed by atoms with Crippen molar-refractivity contribution < 1.29 is 24.2 Å². The average Bonchev–Trinajstić information content (AvgIpc) is 3.01. The second-order valence-corrected chi connectivity index (χ2v) is 12.8. The standard InChI is InChI=1S/C38H44N2O5/c1-2-44-37(42)32-24-40-34-20-18-28(26-15-11-7-4-8-12-16-26)22-30(34)36(32)45-38(43)31-23-39-33-19-17-27(21-29(33)35(31)41)25-13-9-5-3-6-10-14-25/h17-26H,2-16H2,1H3,(H,39,41). The van der Waals surface area contributed by atoms with Crippen LogP contribution < -0.4 is 4.74 Å². The van der Waals surface area contributed by atoms with Crippen LogP contribution in [0, 0.1) is 0 Å². The molecule has 0 radical (unpaired) electrons. The Morgan fingerprint density at radius 3 is 1.73 bits per heavy atom. The number of carbonyl (C=O) groups excluding carboxylic acids is 2. The second-order valence-electron chi connectivity index (χ2n) is 12.8. The molecule has 2 aliphatic carbocycles. The summed E-state index contributed by atoms with van der Waals surface area (Å²) >= 11 is 0. The van der Waals surface area contributed by atoms with Crippen LogP contribution in [0.4, 0.5) is 0 Å². The Morgan fingerprint density at radius 1 is 0.689 bits per heavy atom. The molecule has 2 fully saturated rings. The highest BCUT2D eigenvalue weighted by Gasteiger charge is 2.25. The van der Waals surface area contributed by atoms with Crippen molar-refractivity contribution >= 4 is 33.7 Å². The molecule has 2 aromatic heterocycles. The van der Waals surface area contributed by atoms with E-state index in [2.05, 4.69) is 22.1 Å². The second kappa shape index (κ2) is 14.4. The third-order valence-electron chi connectivity index (χ3n) is 9.77. The molecule has 2 aliphatic rings. The van der Waals surface area contributed by atoms with Crippen molar-refractivity contribution in [1.29, 1.82) is 0 Å². The van der Waals surface area contributed by atoms with E-state index in [9.17, 15) is 14.7 Å². The van der Waals surface area contributed by atoms with E-state index in [-0.39, 0.29) is 29.2 Å². The Balaban J connectivity index is 1.37. The van der Waals surface area contributed by atoms with Crippen LogP contribution in [0.15, 0.2) is 48.8 Å². The number of hydrogen-bond acceptors (Lipinski definition) is 7. The molecule has 0 bridgehead atoms. The van der Waals surface area contributed by atoms with Gasteiger partial charge in [-0.2, -0.15) is 0 Å². The van der Waals surface area contributed by atoms with Gasteiger partial charge >= 0.3 is 11.9 Å². The Hall–Kier alpha value is -4.00. The van der Waals surface area contributed by atoms with Gasteiger partial charge in [0, 0.05) is 23.2 Å². The lowest BCUT2D eigenvalue weighted by molar-refractivity contribution is 0.0520. The Kier molecular flexibility index (Phi) is 9.92. The van der Waals surface area contributed by atoms with Crippen LogP contribution in [0.2, 0.25) is 0 Å². The molecule has 0 spiro atoms. The summed E-state index contributed by atoms with van der Waals surface area (Å²) in [6, 6.07) is 12.0. The van der Waals surface area contributed by atoms with Gasteiger partial charge in [0.2, 0.25) is 0 Å². The van der Waals surface area contributed by atoms with E-state index < -0.39 is 11.9 Å². The van der Waals surface area contributed by atoms with Gasteiger partial charge in [-0.15, -0.1) is 0 Å². The van der Waals surface area contributed by atoms with Gasteiger partial charge in [0.25, 0.3) is 0 Å². The fraction of sp³-hybridized carbons (Fsp3) is 0.474. The number of fused-ring (bicyclic) bond motifs is 2. The number of esters is 2. The minimum atomic E-state index is -0.785. The van der Waals surface area contributed by atoms with Gasteiger partial charge in [0.15, 0.2) is 5.75 Å². The lowest BCUT2D eigenvalue weighted by atomic mass is 9.85. The molecular weight excluding hydrogens is 564 g/mol. The van der Waals surface area contributed by atoms with Crippen LogP contribution in [-0.2, 0) is 4.74 Å². The first kappa shape index (κ1) is 31.0. The van der Waals surface area contributed by atoms with Crippen molar-refractivity contribution in [1.82, 2.24) is 9.97 Å². The number of ether oxygens (including phenoxy) is 2. The molecule has 6 rings (SSSR count). The van der Waals surface area contributed by atoms with Gasteiger partial charge in [-0.05, 0) is 79.8 Å². The zero-order valence-corrected chi connectivity index (χ0v) is 26.4. The maximum absolute atomic E-state index is 13.8. The fourth-order valence-electron chi connectivity index (χ4n) is 7.23. The molecule has 0 saturated heterocycles. The van der Waals surface area contributed by atoms with E-state index >= 15 is 0 Å². The van der Waals surface area contributed by atoms with Crippen LogP contribution in [-0.4, -0.2) is 33.6 Å². The molecule has 0 atom stereocenters. The third kappa shape index (κ3) is 6.98. The molecule has 1 N–H and O–H groups in total. The van der Waals surface area contributed by atoms with E-state index in [1.165, 1.54) is 82.2 Å². The summed E-state index contributed by atoms with van der Waals surface area (Å²) in [5.74, 6) is -0.649. The lowest BCUT2D eigenvalue weighted by Crippen LogP contribution is -2.15. The first-order valence-electron chi connectivity index (χ1n) is 17.0. The minimum absolute atomic E-state index is 0.0479. The molecule has 2 heterocycles. The number of hydrogen-bond donors (Lipinski definition) is 1. The van der Waals surface area contributed by atoms with Gasteiger partial charge in [0.05, 0.1) is 17.6 Å². The minimum Gasteiger partial charge on any atom is -0.506 e. The van der Waals surface area contributed by atoms with E-state index in [0.717, 1.165) is 31.2 Å². The zero-order valence-electron chi connectivity index (χ0n) is 26.4. The van der Waals surface area contributed by atoms with Crippen molar-refractivity contribution in [2.45, 2.75) is 109 Å². The Labute approximate surface area is 265 Å². The highest BCUT2D eigenvalue weighted by molar-refractivity contribution is 6.05. The molecule has 7 nitrogen and oxygen atoms in total. The highest BCUT2D eigenvalue weighted by atomic mass is 16.5. The number of aromatic hydroxyl groups is 1. The quantitative estimate of drug-likeness (QED) is 0.218. The van der Waals surface area contributed by atoms with E-state index in [1.54, 1.807) is 6.92 Å². The molecule has 0 aliphatic heterocycles. The summed E-state index contributed by atoms with van der Waals surface area (Å²) in [6.45, 7) is 1.90. The number of pyridine rings is 2. The molecular formula is C38H44N2O5. The number of aromatic nitrogens is 2. The predicted molar refractivity (Wildman–Crippen MR) is 176 cm³/mol. The Morgan fingerprint density at radius 2 is 1.18 bits per heavy atom. The molecule has 0 amide bonds. The highest BCUT2D eigenvalue weighted by Crippen LogP contribution is 2.38. The molecule has 236 valence electrons. The normalized spacial score (nSPS) is 17.3. The largest absolute Gasteiger partial charge is 0.506 e. The monoisotopic (exact) mass is 608 g/mol. The van der Waals surface area contributed by atoms with Gasteiger partial charge in [-0.1, -0.05) is 76.3 Å². The van der Waals surface area contributed by atoms with Crippen molar-refractivity contribution in [3.63, 3.8) is 0 Å². The van der Waals surface area contributed by atoms with Gasteiger partial charge in [-0.3, -0.25) is 9.97 Å². The summed E-state index contributed by atoms with van der Waals surface area (Å²) in [4.78, 5) is 35.9. The number of rotatable bonds is 6. The van der Waals surface area contributed by atoms with E-state index in [4.69, 9.17) is 9.47 Å². The number of carbonyl (C=O) groups is 2. The summed E-state index contributed by atoms with van der Waals surface area (Å²) < 4.78 is 11.3. The smallest absolute Gasteiger partial charge is 0.348 e. The maximum atomic E-state index is 13.8. The third-order valence-corrected chi connectivity index (χ3v) is 9.77. The lowest BCUT2D eigenvalue weighted by Gasteiger charge is -2.21. The summed E-state index contributed by atoms with van der Waals surface area (Å²) in [7, 11) is 0. The van der Waals surface area contributed by atoms with E-state index in [0.29, 0.717) is 33.6 Å². The van der Waals surface area contributed by atoms with Crippen molar-refractivity contribution in [3.05, 3.63) is 71.0 Å². The summed E-state index contributed by atoms with van der Waals surface area (Å²) in [6.07, 6.45) is 19.5. The van der Waals surface area contributed by atoms with Crippen molar-refractivity contribution in [2.24, 2.45) is 0 Å². The summed E-state index contributed by atoms with van der Waals surface area (Å²) in [5, 5.41) is 12.5. The molecule has 2 aromatic carbocycles. The van der Waals surface area contributed by atoms with Gasteiger partial charge < -0.3 is 14.6 Å². The Bertz CT molecular complexity index is 1670. The van der Waals surface area contributed by atoms with Crippen LogP contribution >= 0.6 is 0 Å². The van der Waals surface area contributed by atoms with Gasteiger partial charge in [-0.25, -0.2) is 9.59 Å². The van der Waals surface area contributed by atoms with Crippen LogP contribution in [0.3, 0.4) is 0 Å². The van der Waals surface area contributed by atoms with E-state index in [1.807, 2.05) is 24.3 Å². The van der Waals surface area contributed by atoms with Crippen molar-refractivity contribution in [2.75, 3.05) is 6.61 Å². The topological polar surface area (TPSA) is 98.6 Å². The molecule has 45 heavy (non-hydrogen) atoms. The average molecular weight is 609 g/mol. The predicted octanol–water partition coefficient (Wildman–Crippen LogP) is 9.54. The maximum Gasteiger partial charge on any atom is 0.348 e. The van der Waals surface area contributed by atoms with Crippen molar-refractivity contribution in [3.8, 4) is 11.5 Å². The molecule has 0 unspecified atom stereocenters. The molecule has 4 aromatic rings. The van der Waals surface area contributed by atoms with Crippen LogP contribution in [0.25, 0.3) is 21.8 Å². The van der Waals surface area contributed by atoms with Crippen LogP contribution in [0.1, 0.15) is 140 Å². The fourth-order valence-corrected chi connectivity index (χ4v) is 7.23. The SMILES string of the molecule is CCOC(=O)c1cnc2ccc(C3CCCCCCC3)cc2c1OC(=O)c1cnc2ccc(C3CCCCCCC3)cc2c1O. The van der Waals surface area contributed by atoms with Gasteiger partial charge in [0.1, 0.15) is 16.9 Å². The molecule has 7 heteroatoms. The first-order valence-corrected chi connectivity index (χ1v) is 17.0. The molecule has 2 saturated carbocycles. The first-order chi connectivity index (χ1) is 22.0. The number of nitrogens with zero attached hydrogens (tertiary/aromatic N) is 2. The summed E-state index contributed by atoms with van der Waals surface area (Å²) in [5.41, 5.74) is 3.58.